The Morgan fingerprint density at radius 1 is 1.10 bits per heavy atom. The van der Waals surface area contributed by atoms with Crippen LogP contribution in [0.3, 0.4) is 0 Å². The molecule has 40 heavy (non-hydrogen) atoms. The van der Waals surface area contributed by atoms with Crippen molar-refractivity contribution in [2.24, 2.45) is 11.3 Å². The number of carbonyl (C=O) groups excluding carboxylic acids is 3. The van der Waals surface area contributed by atoms with Gasteiger partial charge in [0.1, 0.15) is 18.0 Å². The number of unbranched alkanes of at least 4 members (excludes halogenated alkanes) is 1. The highest BCUT2D eigenvalue weighted by atomic mass is 35.5. The number of amides is 1. The molecule has 0 heterocycles. The van der Waals surface area contributed by atoms with Crippen molar-refractivity contribution in [1.29, 1.82) is 0 Å². The SMILES string of the molecule is CCCCOC(=O)C/C(=C/COc1ccc(Cl)cc1)NC(=O)C1(C[C@@H](CCOC)C(=O)OC(C)(C)C)CCCC1. The van der Waals surface area contributed by atoms with Crippen molar-refractivity contribution in [2.75, 3.05) is 26.9 Å². The second kappa shape index (κ2) is 16.6. The second-order valence-electron chi connectivity index (χ2n) is 11.4. The van der Waals surface area contributed by atoms with Crippen LogP contribution >= 0.6 is 11.6 Å². The van der Waals surface area contributed by atoms with Gasteiger partial charge in [-0.1, -0.05) is 37.8 Å². The quantitative estimate of drug-likeness (QED) is 0.179. The molecular weight excluding hydrogens is 534 g/mol. The molecule has 9 heteroatoms. The van der Waals surface area contributed by atoms with E-state index in [1.165, 1.54) is 0 Å². The van der Waals surface area contributed by atoms with Crippen molar-refractivity contribution >= 4 is 29.4 Å². The topological polar surface area (TPSA) is 100 Å². The van der Waals surface area contributed by atoms with Crippen LogP contribution < -0.4 is 10.1 Å². The highest BCUT2D eigenvalue weighted by Gasteiger charge is 2.45. The third-order valence-corrected chi connectivity index (χ3v) is 7.11. The summed E-state index contributed by atoms with van der Waals surface area (Å²) in [5.41, 5.74) is -0.971. The van der Waals surface area contributed by atoms with Crippen LogP contribution in [-0.4, -0.2) is 50.4 Å². The van der Waals surface area contributed by atoms with Crippen LogP contribution in [0.4, 0.5) is 0 Å². The van der Waals surface area contributed by atoms with Gasteiger partial charge in [-0.2, -0.15) is 0 Å². The fraction of sp³-hybridized carbons (Fsp3) is 0.645. The summed E-state index contributed by atoms with van der Waals surface area (Å²) in [5, 5.41) is 3.60. The normalized spacial score (nSPS) is 15.8. The van der Waals surface area contributed by atoms with Gasteiger partial charge in [-0.25, -0.2) is 0 Å². The second-order valence-corrected chi connectivity index (χ2v) is 11.8. The molecule has 1 aromatic rings. The fourth-order valence-corrected chi connectivity index (χ4v) is 4.87. The highest BCUT2D eigenvalue weighted by molar-refractivity contribution is 6.30. The standard InChI is InChI=1S/C31H46ClNO7/c1-6-7-18-39-27(34)21-25(15-20-38-26-12-10-24(32)11-13-26)33-29(36)31(16-8-9-17-31)22-23(14-19-37-5)28(35)40-30(2,3)4/h10-13,15,23H,6-9,14,16-22H2,1-5H3,(H,33,36)/b25-15-/t23-/m1/s1. The van der Waals surface area contributed by atoms with Crippen molar-refractivity contribution in [3.63, 3.8) is 0 Å². The van der Waals surface area contributed by atoms with Gasteiger partial charge in [0.2, 0.25) is 5.91 Å². The van der Waals surface area contributed by atoms with Gasteiger partial charge in [0, 0.05) is 24.4 Å². The fourth-order valence-electron chi connectivity index (χ4n) is 4.75. The molecule has 224 valence electrons. The van der Waals surface area contributed by atoms with Crippen molar-refractivity contribution in [3.8, 4) is 5.75 Å². The van der Waals surface area contributed by atoms with Crippen LogP contribution in [0.25, 0.3) is 0 Å². The number of esters is 2. The predicted octanol–water partition coefficient (Wildman–Crippen LogP) is 6.40. The molecule has 1 saturated carbocycles. The lowest BCUT2D eigenvalue weighted by Gasteiger charge is -2.32. The molecule has 0 bridgehead atoms. The summed E-state index contributed by atoms with van der Waals surface area (Å²) in [6.45, 7) is 8.38. The van der Waals surface area contributed by atoms with E-state index < -0.39 is 22.9 Å². The molecule has 1 aliphatic carbocycles. The summed E-state index contributed by atoms with van der Waals surface area (Å²) in [6.07, 6.45) is 7.17. The van der Waals surface area contributed by atoms with Gasteiger partial charge in [-0.05, 0) is 83.2 Å². The van der Waals surface area contributed by atoms with Gasteiger partial charge < -0.3 is 24.3 Å². The van der Waals surface area contributed by atoms with Gasteiger partial charge in [-0.3, -0.25) is 14.4 Å². The number of carbonyl (C=O) groups is 3. The molecule has 1 amide bonds. The molecule has 1 atom stereocenters. The first-order valence-electron chi connectivity index (χ1n) is 14.2. The summed E-state index contributed by atoms with van der Waals surface area (Å²) >= 11 is 5.95. The number of rotatable bonds is 16. The Kier molecular flexibility index (Phi) is 14.0. The Hall–Kier alpha value is -2.58. The van der Waals surface area contributed by atoms with Crippen molar-refractivity contribution in [2.45, 2.75) is 91.1 Å². The summed E-state index contributed by atoms with van der Waals surface area (Å²) in [4.78, 5) is 39.5. The molecule has 1 N–H and O–H groups in total. The zero-order valence-corrected chi connectivity index (χ0v) is 25.4. The maximum Gasteiger partial charge on any atom is 0.311 e. The Morgan fingerprint density at radius 3 is 2.38 bits per heavy atom. The molecule has 1 fully saturated rings. The third kappa shape index (κ3) is 11.9. The molecular formula is C31H46ClNO7. The van der Waals surface area contributed by atoms with Crippen LogP contribution in [0, 0.1) is 11.3 Å². The maximum atomic E-state index is 13.9. The lowest BCUT2D eigenvalue weighted by molar-refractivity contribution is -0.162. The van der Waals surface area contributed by atoms with E-state index in [2.05, 4.69) is 5.32 Å². The smallest absolute Gasteiger partial charge is 0.311 e. The zero-order chi connectivity index (χ0) is 29.6. The number of nitrogens with one attached hydrogen (secondary N) is 1. The van der Waals surface area contributed by atoms with Gasteiger partial charge in [0.25, 0.3) is 0 Å². The van der Waals surface area contributed by atoms with Crippen molar-refractivity contribution in [1.82, 2.24) is 5.32 Å². The van der Waals surface area contributed by atoms with E-state index in [1.54, 1.807) is 37.5 Å². The van der Waals surface area contributed by atoms with Crippen LogP contribution in [0.5, 0.6) is 5.75 Å². The molecule has 8 nitrogen and oxygen atoms in total. The summed E-state index contributed by atoms with van der Waals surface area (Å²) in [7, 11) is 1.59. The molecule has 0 aromatic heterocycles. The van der Waals surface area contributed by atoms with Crippen LogP contribution in [0.15, 0.2) is 36.0 Å². The predicted molar refractivity (Wildman–Crippen MR) is 155 cm³/mol. The van der Waals surface area contributed by atoms with Gasteiger partial charge in [0.15, 0.2) is 0 Å². The lowest BCUT2D eigenvalue weighted by Crippen LogP contribution is -2.42. The van der Waals surface area contributed by atoms with Crippen molar-refractivity contribution in [3.05, 3.63) is 41.1 Å². The van der Waals surface area contributed by atoms with E-state index in [1.807, 2.05) is 27.7 Å². The van der Waals surface area contributed by atoms with Gasteiger partial charge >= 0.3 is 11.9 Å². The van der Waals surface area contributed by atoms with E-state index >= 15 is 0 Å². The molecule has 1 aromatic carbocycles. The number of hydrogen-bond donors (Lipinski definition) is 1. The van der Waals surface area contributed by atoms with E-state index in [0.717, 1.165) is 25.7 Å². The zero-order valence-electron chi connectivity index (χ0n) is 24.7. The molecule has 0 unspecified atom stereocenters. The van der Waals surface area contributed by atoms with Crippen LogP contribution in [0.2, 0.25) is 5.02 Å². The molecule has 0 aliphatic heterocycles. The molecule has 0 radical (unpaired) electrons. The summed E-state index contributed by atoms with van der Waals surface area (Å²) in [6, 6.07) is 6.95. The Morgan fingerprint density at radius 2 is 1.77 bits per heavy atom. The van der Waals surface area contributed by atoms with Crippen LogP contribution in [0.1, 0.15) is 85.5 Å². The molecule has 1 aliphatic rings. The highest BCUT2D eigenvalue weighted by Crippen LogP contribution is 2.44. The Labute approximate surface area is 244 Å². The minimum Gasteiger partial charge on any atom is -0.489 e. The Bertz CT molecular complexity index is 978. The molecule has 0 spiro atoms. The first kappa shape index (κ1) is 33.6. The van der Waals surface area contributed by atoms with Gasteiger partial charge in [0.05, 0.1) is 24.4 Å². The number of benzene rings is 1. The Balaban J connectivity index is 2.21. The summed E-state index contributed by atoms with van der Waals surface area (Å²) in [5.74, 6) is -0.811. The van der Waals surface area contributed by atoms with Crippen LogP contribution in [-0.2, 0) is 28.6 Å². The number of halogens is 1. The minimum atomic E-state index is -0.752. The van der Waals surface area contributed by atoms with E-state index in [-0.39, 0.29) is 24.9 Å². The average molecular weight is 580 g/mol. The van der Waals surface area contributed by atoms with E-state index in [9.17, 15) is 14.4 Å². The summed E-state index contributed by atoms with van der Waals surface area (Å²) < 4.78 is 22.1. The third-order valence-electron chi connectivity index (χ3n) is 6.85. The molecule has 0 saturated heterocycles. The molecule has 2 rings (SSSR count). The first-order valence-corrected chi connectivity index (χ1v) is 14.6. The van der Waals surface area contributed by atoms with E-state index in [4.69, 9.17) is 30.5 Å². The number of ether oxygens (including phenoxy) is 4. The lowest BCUT2D eigenvalue weighted by atomic mass is 9.75. The largest absolute Gasteiger partial charge is 0.489 e. The minimum absolute atomic E-state index is 0.0886. The number of methoxy groups -OCH3 is 1. The average Bonchev–Trinajstić information content (AvgIpc) is 3.36. The van der Waals surface area contributed by atoms with Gasteiger partial charge in [-0.15, -0.1) is 0 Å². The maximum absolute atomic E-state index is 13.9. The van der Waals surface area contributed by atoms with Crippen molar-refractivity contribution < 1.29 is 33.3 Å². The number of hydrogen-bond acceptors (Lipinski definition) is 7. The first-order chi connectivity index (χ1) is 19.0. The monoisotopic (exact) mass is 579 g/mol. The van der Waals surface area contributed by atoms with E-state index in [0.29, 0.717) is 55.4 Å².